The van der Waals surface area contributed by atoms with Crippen molar-refractivity contribution >= 4 is 13.5 Å². The van der Waals surface area contributed by atoms with E-state index < -0.39 is 8.32 Å². The second-order valence-corrected chi connectivity index (χ2v) is 9.28. The first-order valence-corrected chi connectivity index (χ1v) is 9.64. The fourth-order valence-corrected chi connectivity index (χ4v) is 7.94. The summed E-state index contributed by atoms with van der Waals surface area (Å²) in [4.78, 5) is 0. The number of nitrogens with zero attached hydrogens (tertiary/aromatic N) is 1. The quantitative estimate of drug-likeness (QED) is 0.787. The van der Waals surface area contributed by atoms with E-state index in [0.29, 0.717) is 0 Å². The Hall–Kier alpha value is -1.11. The summed E-state index contributed by atoms with van der Waals surface area (Å²) in [7, 11) is -1.93. The lowest BCUT2D eigenvalue weighted by Crippen LogP contribution is -2.54. The van der Waals surface area contributed by atoms with E-state index in [0.717, 1.165) is 19.1 Å². The van der Waals surface area contributed by atoms with Gasteiger partial charge >= 0.3 is 0 Å². The fourth-order valence-electron chi connectivity index (χ4n) is 3.10. The molecule has 2 atom stereocenters. The lowest BCUT2D eigenvalue weighted by Gasteiger charge is -2.37. The largest absolute Gasteiger partial charge is 0.412 e. The number of hydrogen-bond donors (Lipinski definition) is 0. The van der Waals surface area contributed by atoms with Crippen molar-refractivity contribution in [2.45, 2.75) is 45.2 Å². The van der Waals surface area contributed by atoms with Crippen molar-refractivity contribution in [3.05, 3.63) is 29.8 Å². The van der Waals surface area contributed by atoms with E-state index in [1.165, 1.54) is 29.6 Å². The second kappa shape index (κ2) is 6.36. The van der Waals surface area contributed by atoms with Crippen LogP contribution in [-0.2, 0) is 4.43 Å². The van der Waals surface area contributed by atoms with E-state index in [9.17, 15) is 5.26 Å². The van der Waals surface area contributed by atoms with Crippen molar-refractivity contribution in [1.29, 1.82) is 5.26 Å². The molecule has 102 valence electrons. The first-order chi connectivity index (χ1) is 9.22. The van der Waals surface area contributed by atoms with Gasteiger partial charge in [0.1, 0.15) is 0 Å². The van der Waals surface area contributed by atoms with Crippen LogP contribution in [0.4, 0.5) is 0 Å². The molecule has 1 fully saturated rings. The van der Waals surface area contributed by atoms with Crippen molar-refractivity contribution in [3.8, 4) is 6.07 Å². The van der Waals surface area contributed by atoms with Crippen molar-refractivity contribution in [2.24, 2.45) is 5.92 Å². The Labute approximate surface area is 117 Å². The average molecular weight is 273 g/mol. The Balaban J connectivity index is 2.35. The molecule has 0 N–H and O–H groups in total. The van der Waals surface area contributed by atoms with Crippen LogP contribution in [0.25, 0.3) is 0 Å². The highest BCUT2D eigenvalue weighted by molar-refractivity contribution is 6.87. The molecule has 0 amide bonds. The van der Waals surface area contributed by atoms with E-state index in [1.54, 1.807) is 0 Å². The van der Waals surface area contributed by atoms with Gasteiger partial charge in [-0.1, -0.05) is 37.6 Å². The van der Waals surface area contributed by atoms with Gasteiger partial charge in [-0.25, -0.2) is 0 Å². The van der Waals surface area contributed by atoms with Gasteiger partial charge < -0.3 is 4.43 Å². The van der Waals surface area contributed by atoms with Crippen molar-refractivity contribution in [1.82, 2.24) is 0 Å². The van der Waals surface area contributed by atoms with Gasteiger partial charge in [-0.2, -0.15) is 5.26 Å². The van der Waals surface area contributed by atoms with Crippen LogP contribution in [0.15, 0.2) is 24.3 Å². The summed E-state index contributed by atoms with van der Waals surface area (Å²) >= 11 is 0. The Morgan fingerprint density at radius 2 is 2.16 bits per heavy atom. The van der Waals surface area contributed by atoms with E-state index in [-0.39, 0.29) is 5.92 Å². The minimum atomic E-state index is -1.93. The Bertz CT molecular complexity index is 460. The number of benzene rings is 1. The summed E-state index contributed by atoms with van der Waals surface area (Å²) in [6.45, 7) is 5.16. The minimum Gasteiger partial charge on any atom is -0.412 e. The van der Waals surface area contributed by atoms with Crippen LogP contribution in [0.2, 0.25) is 12.1 Å². The second-order valence-electron chi connectivity index (χ2n) is 5.55. The van der Waals surface area contributed by atoms with Crippen LogP contribution in [0.5, 0.6) is 0 Å². The Morgan fingerprint density at radius 3 is 2.74 bits per heavy atom. The molecule has 1 saturated heterocycles. The highest BCUT2D eigenvalue weighted by Gasteiger charge is 2.41. The van der Waals surface area contributed by atoms with Gasteiger partial charge in [-0.15, -0.1) is 0 Å². The number of hydrogen-bond acceptors (Lipinski definition) is 2. The van der Waals surface area contributed by atoms with E-state index >= 15 is 0 Å². The third kappa shape index (κ3) is 3.07. The molecule has 0 aliphatic carbocycles. The molecule has 2 nitrogen and oxygen atoms in total. The lowest BCUT2D eigenvalue weighted by molar-refractivity contribution is 0.271. The maximum atomic E-state index is 9.30. The van der Waals surface area contributed by atoms with E-state index in [1.807, 2.05) is 0 Å². The molecule has 0 aromatic heterocycles. The van der Waals surface area contributed by atoms with Crippen LogP contribution in [0.3, 0.4) is 0 Å². The molecular weight excluding hydrogens is 250 g/mol. The molecule has 19 heavy (non-hydrogen) atoms. The topological polar surface area (TPSA) is 33.0 Å². The maximum absolute atomic E-state index is 9.30. The Kier molecular flexibility index (Phi) is 4.79. The number of nitriles is 1. The molecule has 1 aromatic carbocycles. The summed E-state index contributed by atoms with van der Waals surface area (Å²) in [5.74, 6) is 0.143. The Morgan fingerprint density at radius 1 is 1.37 bits per heavy atom. The summed E-state index contributed by atoms with van der Waals surface area (Å²) in [6.07, 6.45) is 3.35. The lowest BCUT2D eigenvalue weighted by atomic mass is 10.1. The van der Waals surface area contributed by atoms with Gasteiger partial charge in [0.25, 0.3) is 0 Å². The number of rotatable bonds is 4. The monoisotopic (exact) mass is 273 g/mol. The molecule has 1 aromatic rings. The van der Waals surface area contributed by atoms with Crippen LogP contribution in [-0.4, -0.2) is 14.9 Å². The van der Waals surface area contributed by atoms with E-state index in [2.05, 4.69) is 44.2 Å². The SMILES string of the molecule is CCC(C#N)C[Si]1(c2ccccc2C)CCCCO1. The highest BCUT2D eigenvalue weighted by atomic mass is 28.4. The molecule has 0 radical (unpaired) electrons. The van der Waals surface area contributed by atoms with Crippen LogP contribution >= 0.6 is 0 Å². The van der Waals surface area contributed by atoms with Gasteiger partial charge in [-0.3, -0.25) is 0 Å². The maximum Gasteiger partial charge on any atom is 0.225 e. The van der Waals surface area contributed by atoms with Crippen LogP contribution in [0.1, 0.15) is 31.7 Å². The van der Waals surface area contributed by atoms with Crippen molar-refractivity contribution in [3.63, 3.8) is 0 Å². The molecule has 0 bridgehead atoms. The first kappa shape index (κ1) is 14.3. The van der Waals surface area contributed by atoms with Gasteiger partial charge in [0.15, 0.2) is 0 Å². The normalized spacial score (nSPS) is 24.7. The van der Waals surface area contributed by atoms with E-state index in [4.69, 9.17) is 4.43 Å². The predicted octanol–water partition coefficient (Wildman–Crippen LogP) is 3.51. The molecular formula is C16H23NOSi. The predicted molar refractivity (Wildman–Crippen MR) is 80.8 cm³/mol. The fraction of sp³-hybridized carbons (Fsp3) is 0.562. The summed E-state index contributed by atoms with van der Waals surface area (Å²) < 4.78 is 6.35. The third-order valence-corrected chi connectivity index (χ3v) is 8.85. The minimum absolute atomic E-state index is 0.143. The van der Waals surface area contributed by atoms with Crippen LogP contribution < -0.4 is 5.19 Å². The molecule has 1 aliphatic heterocycles. The highest BCUT2D eigenvalue weighted by Crippen LogP contribution is 2.30. The third-order valence-electron chi connectivity index (χ3n) is 4.24. The molecule has 1 heterocycles. The van der Waals surface area contributed by atoms with Gasteiger partial charge in [-0.05, 0) is 42.6 Å². The summed E-state index contributed by atoms with van der Waals surface area (Å²) in [5, 5.41) is 10.7. The van der Waals surface area contributed by atoms with Gasteiger partial charge in [0.05, 0.1) is 6.07 Å². The molecule has 2 unspecified atom stereocenters. The number of aryl methyl sites for hydroxylation is 1. The smallest absolute Gasteiger partial charge is 0.225 e. The zero-order valence-corrected chi connectivity index (χ0v) is 13.0. The standard InChI is InChI=1S/C16H23NOSi/c1-3-15(12-17)13-19(11-7-6-10-18-19)16-9-5-4-8-14(16)2/h4-5,8-9,15H,3,6-7,10-11,13H2,1-2H3. The van der Waals surface area contributed by atoms with Crippen molar-refractivity contribution < 1.29 is 4.43 Å². The molecule has 0 spiro atoms. The first-order valence-electron chi connectivity index (χ1n) is 7.31. The molecule has 1 aliphatic rings. The van der Waals surface area contributed by atoms with Gasteiger partial charge in [0.2, 0.25) is 8.32 Å². The summed E-state index contributed by atoms with van der Waals surface area (Å²) in [6, 6.07) is 13.2. The van der Waals surface area contributed by atoms with Gasteiger partial charge in [0, 0.05) is 12.5 Å². The van der Waals surface area contributed by atoms with Crippen LogP contribution in [0, 0.1) is 24.2 Å². The average Bonchev–Trinajstić information content (AvgIpc) is 2.46. The zero-order valence-electron chi connectivity index (χ0n) is 12.0. The molecule has 2 rings (SSSR count). The molecule has 0 saturated carbocycles. The zero-order chi connectivity index (χ0) is 13.7. The van der Waals surface area contributed by atoms with Crippen molar-refractivity contribution in [2.75, 3.05) is 6.61 Å². The summed E-state index contributed by atoms with van der Waals surface area (Å²) in [5.41, 5.74) is 1.34. The molecule has 3 heteroatoms.